The van der Waals surface area contributed by atoms with Gasteiger partial charge in [-0.05, 0) is 12.8 Å². The number of nitrogens with two attached hydrogens (primary N) is 1. The molecule has 1 heterocycles. The zero-order valence-corrected chi connectivity index (χ0v) is 11.0. The maximum Gasteiger partial charge on any atom is 0.405 e. The summed E-state index contributed by atoms with van der Waals surface area (Å²) in [5.74, 6) is -0.452. The van der Waals surface area contributed by atoms with E-state index < -0.39 is 18.6 Å². The molecule has 1 aliphatic rings. The number of carbonyl (C=O) groups excluding carboxylic acids is 1. The molecule has 2 rings (SSSR count). The number of hydrogen-bond acceptors (Lipinski definition) is 5. The fraction of sp³-hybridized carbons (Fsp3) is 0.455. The van der Waals surface area contributed by atoms with Crippen molar-refractivity contribution in [1.29, 1.82) is 5.26 Å². The Labute approximate surface area is 116 Å². The van der Waals surface area contributed by atoms with E-state index >= 15 is 0 Å². The monoisotopic (exact) mass is 304 g/mol. The Morgan fingerprint density at radius 2 is 2.15 bits per heavy atom. The molecule has 0 radical (unpaired) electrons. The van der Waals surface area contributed by atoms with Gasteiger partial charge in [0.05, 0.1) is 5.69 Å². The smallest absolute Gasteiger partial charge is 0.396 e. The molecule has 9 heteroatoms. The number of alkyl halides is 3. The van der Waals surface area contributed by atoms with Crippen molar-refractivity contribution in [1.82, 2.24) is 5.32 Å². The lowest BCUT2D eigenvalue weighted by Gasteiger charge is -2.07. The van der Waals surface area contributed by atoms with Crippen LogP contribution in [0.1, 0.15) is 28.1 Å². The molecule has 0 aliphatic heterocycles. The van der Waals surface area contributed by atoms with Gasteiger partial charge in [-0.3, -0.25) is 4.79 Å². The third-order valence-corrected chi connectivity index (χ3v) is 3.79. The lowest BCUT2D eigenvalue weighted by Crippen LogP contribution is -2.25. The fourth-order valence-corrected chi connectivity index (χ4v) is 2.48. The van der Waals surface area contributed by atoms with Gasteiger partial charge in [-0.15, -0.1) is 11.3 Å². The first-order valence-electron chi connectivity index (χ1n) is 5.75. The standard InChI is InChI=1S/C11H11F3N4OS/c12-11(13,14)4-17-10-6(3-15)7(16)8(20-10)9(19)18-5-1-2-5/h5,17H,1-2,4,16H2,(H,18,19). The van der Waals surface area contributed by atoms with E-state index in [1.54, 1.807) is 6.07 Å². The largest absolute Gasteiger partial charge is 0.405 e. The summed E-state index contributed by atoms with van der Waals surface area (Å²) < 4.78 is 36.5. The molecule has 4 N–H and O–H groups in total. The number of thiophene rings is 1. The zero-order chi connectivity index (χ0) is 14.9. The van der Waals surface area contributed by atoms with Gasteiger partial charge >= 0.3 is 6.18 Å². The van der Waals surface area contributed by atoms with E-state index in [1.807, 2.05) is 0 Å². The molecule has 20 heavy (non-hydrogen) atoms. The molecule has 1 aromatic rings. The van der Waals surface area contributed by atoms with Crippen LogP contribution in [0.5, 0.6) is 0 Å². The second-order valence-corrected chi connectivity index (χ2v) is 5.40. The Kier molecular flexibility index (Phi) is 3.76. The van der Waals surface area contributed by atoms with Crippen molar-refractivity contribution in [3.8, 4) is 6.07 Å². The molecule has 1 fully saturated rings. The SMILES string of the molecule is N#Cc1c(NCC(F)(F)F)sc(C(=O)NC2CC2)c1N. The van der Waals surface area contributed by atoms with E-state index in [0.29, 0.717) is 0 Å². The van der Waals surface area contributed by atoms with Crippen LogP contribution < -0.4 is 16.4 Å². The first kappa shape index (κ1) is 14.5. The molecule has 108 valence electrons. The normalized spacial score (nSPS) is 14.7. The van der Waals surface area contributed by atoms with Crippen molar-refractivity contribution in [2.24, 2.45) is 0 Å². The number of rotatable bonds is 4. The zero-order valence-electron chi connectivity index (χ0n) is 10.2. The van der Waals surface area contributed by atoms with Gasteiger partial charge in [0.15, 0.2) is 0 Å². The Balaban J connectivity index is 2.19. The average Bonchev–Trinajstić information content (AvgIpc) is 3.08. The van der Waals surface area contributed by atoms with Crippen LogP contribution in [0.4, 0.5) is 23.9 Å². The number of hydrogen-bond donors (Lipinski definition) is 3. The molecule has 0 aromatic carbocycles. The summed E-state index contributed by atoms with van der Waals surface area (Å²) in [4.78, 5) is 11.9. The molecule has 0 unspecified atom stereocenters. The highest BCUT2D eigenvalue weighted by Crippen LogP contribution is 2.36. The second kappa shape index (κ2) is 5.20. The van der Waals surface area contributed by atoms with Crippen molar-refractivity contribution >= 4 is 27.9 Å². The van der Waals surface area contributed by atoms with Gasteiger partial charge in [0, 0.05) is 6.04 Å². The molecule has 1 aromatic heterocycles. The van der Waals surface area contributed by atoms with Gasteiger partial charge in [0.2, 0.25) is 0 Å². The molecule has 0 saturated heterocycles. The maximum absolute atomic E-state index is 12.2. The topological polar surface area (TPSA) is 90.9 Å². The van der Waals surface area contributed by atoms with Crippen LogP contribution in [0.2, 0.25) is 0 Å². The molecular formula is C11H11F3N4OS. The Morgan fingerprint density at radius 1 is 1.50 bits per heavy atom. The summed E-state index contributed by atoms with van der Waals surface area (Å²) in [7, 11) is 0. The number of carbonyl (C=O) groups is 1. The Hall–Kier alpha value is -1.95. The van der Waals surface area contributed by atoms with Gasteiger partial charge in [-0.25, -0.2) is 0 Å². The van der Waals surface area contributed by atoms with E-state index in [4.69, 9.17) is 11.0 Å². The van der Waals surface area contributed by atoms with Crippen molar-refractivity contribution < 1.29 is 18.0 Å². The van der Waals surface area contributed by atoms with E-state index in [0.717, 1.165) is 24.2 Å². The molecule has 0 spiro atoms. The number of amides is 1. The van der Waals surface area contributed by atoms with Crippen LogP contribution in [0, 0.1) is 11.3 Å². The summed E-state index contributed by atoms with van der Waals surface area (Å²) in [5.41, 5.74) is 5.45. The minimum Gasteiger partial charge on any atom is -0.396 e. The van der Waals surface area contributed by atoms with E-state index in [1.165, 1.54) is 0 Å². The third kappa shape index (κ3) is 3.33. The van der Waals surface area contributed by atoms with E-state index in [2.05, 4.69) is 10.6 Å². The summed E-state index contributed by atoms with van der Waals surface area (Å²) >= 11 is 0.759. The molecule has 0 atom stereocenters. The van der Waals surface area contributed by atoms with Crippen molar-refractivity contribution in [2.45, 2.75) is 25.1 Å². The van der Waals surface area contributed by atoms with Crippen LogP contribution in [0.25, 0.3) is 0 Å². The highest BCUT2D eigenvalue weighted by atomic mass is 32.1. The maximum atomic E-state index is 12.2. The van der Waals surface area contributed by atoms with Crippen molar-refractivity contribution in [3.63, 3.8) is 0 Å². The van der Waals surface area contributed by atoms with E-state index in [9.17, 15) is 18.0 Å². The van der Waals surface area contributed by atoms with Crippen molar-refractivity contribution in [2.75, 3.05) is 17.6 Å². The number of halogens is 3. The molecule has 5 nitrogen and oxygen atoms in total. The Bertz CT molecular complexity index is 571. The van der Waals surface area contributed by atoms with Gasteiger partial charge < -0.3 is 16.4 Å². The molecule has 1 amide bonds. The number of anilines is 2. The third-order valence-electron chi connectivity index (χ3n) is 2.63. The fourth-order valence-electron chi connectivity index (χ4n) is 1.51. The average molecular weight is 304 g/mol. The number of nitrogens with zero attached hydrogens (tertiary/aromatic N) is 1. The predicted molar refractivity (Wildman–Crippen MR) is 68.5 cm³/mol. The van der Waals surface area contributed by atoms with Crippen LogP contribution in [0.3, 0.4) is 0 Å². The van der Waals surface area contributed by atoms with Gasteiger partial charge in [0.25, 0.3) is 5.91 Å². The number of nitrogens with one attached hydrogen (secondary N) is 2. The van der Waals surface area contributed by atoms with Crippen LogP contribution >= 0.6 is 11.3 Å². The van der Waals surface area contributed by atoms with Crippen LogP contribution in [-0.2, 0) is 0 Å². The quantitative estimate of drug-likeness (QED) is 0.794. The predicted octanol–water partition coefficient (Wildman–Crippen LogP) is 2.07. The summed E-state index contributed by atoms with van der Waals surface area (Å²) in [5, 5.41) is 13.7. The molecular weight excluding hydrogens is 293 g/mol. The summed E-state index contributed by atoms with van der Waals surface area (Å²) in [6, 6.07) is 1.82. The highest BCUT2D eigenvalue weighted by molar-refractivity contribution is 7.18. The summed E-state index contributed by atoms with van der Waals surface area (Å²) in [6.45, 7) is -1.29. The van der Waals surface area contributed by atoms with E-state index in [-0.39, 0.29) is 27.2 Å². The minimum absolute atomic E-state index is 0.0386. The summed E-state index contributed by atoms with van der Waals surface area (Å²) in [6.07, 6.45) is -2.66. The van der Waals surface area contributed by atoms with Crippen LogP contribution in [-0.4, -0.2) is 24.7 Å². The van der Waals surface area contributed by atoms with Crippen molar-refractivity contribution in [3.05, 3.63) is 10.4 Å². The molecule has 1 saturated carbocycles. The van der Waals surface area contributed by atoms with Gasteiger partial charge in [-0.1, -0.05) is 0 Å². The second-order valence-electron chi connectivity index (χ2n) is 4.38. The van der Waals surface area contributed by atoms with Gasteiger partial charge in [0.1, 0.15) is 28.1 Å². The Morgan fingerprint density at radius 3 is 2.65 bits per heavy atom. The van der Waals surface area contributed by atoms with Crippen LogP contribution in [0.15, 0.2) is 0 Å². The molecule has 0 bridgehead atoms. The lowest BCUT2D eigenvalue weighted by molar-refractivity contribution is -0.115. The minimum atomic E-state index is -4.41. The first-order valence-corrected chi connectivity index (χ1v) is 6.57. The highest BCUT2D eigenvalue weighted by Gasteiger charge is 2.30. The first-order chi connectivity index (χ1) is 9.31. The number of nitriles is 1. The van der Waals surface area contributed by atoms with Gasteiger partial charge in [-0.2, -0.15) is 18.4 Å². The lowest BCUT2D eigenvalue weighted by atomic mass is 10.2. The number of nitrogen functional groups attached to an aromatic ring is 1. The molecule has 1 aliphatic carbocycles.